The van der Waals surface area contributed by atoms with E-state index >= 15 is 0 Å². The summed E-state index contributed by atoms with van der Waals surface area (Å²) in [6, 6.07) is 6.24. The van der Waals surface area contributed by atoms with E-state index < -0.39 is 0 Å². The Morgan fingerprint density at radius 2 is 2.06 bits per heavy atom. The fourth-order valence-electron chi connectivity index (χ4n) is 1.69. The van der Waals surface area contributed by atoms with E-state index in [0.717, 1.165) is 18.7 Å². The van der Waals surface area contributed by atoms with Gasteiger partial charge in [0, 0.05) is 19.3 Å². The van der Waals surface area contributed by atoms with Gasteiger partial charge in [0.25, 0.3) is 0 Å². The normalized spacial score (nSPS) is 10.1. The molecule has 0 unspecified atom stereocenters. The number of rotatable bonds is 5. The fourth-order valence-corrected chi connectivity index (χ4v) is 1.69. The first kappa shape index (κ1) is 13.6. The van der Waals surface area contributed by atoms with Crippen molar-refractivity contribution in [2.45, 2.75) is 27.2 Å². The summed E-state index contributed by atoms with van der Waals surface area (Å²) in [6.07, 6.45) is 1.05. The van der Waals surface area contributed by atoms with E-state index in [9.17, 15) is 4.79 Å². The van der Waals surface area contributed by atoms with Gasteiger partial charge in [0.1, 0.15) is 0 Å². The third-order valence-electron chi connectivity index (χ3n) is 3.07. The monoisotopic (exact) mass is 234 g/mol. The molecule has 17 heavy (non-hydrogen) atoms. The molecular weight excluding hydrogens is 212 g/mol. The number of benzene rings is 1. The SMILES string of the molecule is CCc1ccc(NCC(=O)N(C)CC)cc1C. The predicted octanol–water partition coefficient (Wildman–Crippen LogP) is 2.45. The largest absolute Gasteiger partial charge is 0.376 e. The zero-order valence-corrected chi connectivity index (χ0v) is 11.2. The minimum absolute atomic E-state index is 0.115. The van der Waals surface area contributed by atoms with Crippen LogP contribution < -0.4 is 5.32 Å². The van der Waals surface area contributed by atoms with Crippen molar-refractivity contribution in [1.82, 2.24) is 4.90 Å². The maximum atomic E-state index is 11.6. The fraction of sp³-hybridized carbons (Fsp3) is 0.500. The van der Waals surface area contributed by atoms with Gasteiger partial charge in [-0.05, 0) is 43.5 Å². The van der Waals surface area contributed by atoms with Gasteiger partial charge in [-0.3, -0.25) is 4.79 Å². The summed E-state index contributed by atoms with van der Waals surface area (Å²) in [7, 11) is 1.81. The second kappa shape index (κ2) is 6.28. The molecule has 0 aromatic heterocycles. The summed E-state index contributed by atoms with van der Waals surface area (Å²) in [5.41, 5.74) is 3.64. The second-order valence-electron chi connectivity index (χ2n) is 4.26. The molecule has 0 aliphatic rings. The molecule has 0 atom stereocenters. The lowest BCUT2D eigenvalue weighted by Gasteiger charge is -2.15. The number of hydrogen-bond acceptors (Lipinski definition) is 2. The number of nitrogens with zero attached hydrogens (tertiary/aromatic N) is 1. The highest BCUT2D eigenvalue weighted by atomic mass is 16.2. The molecular formula is C14H22N2O. The van der Waals surface area contributed by atoms with E-state index in [1.54, 1.807) is 4.90 Å². The number of carbonyl (C=O) groups excluding carboxylic acids is 1. The maximum absolute atomic E-state index is 11.6. The third kappa shape index (κ3) is 3.77. The number of carbonyl (C=O) groups is 1. The smallest absolute Gasteiger partial charge is 0.241 e. The number of aryl methyl sites for hydroxylation is 2. The van der Waals surface area contributed by atoms with Crippen LogP contribution in [-0.4, -0.2) is 30.9 Å². The molecule has 0 radical (unpaired) electrons. The van der Waals surface area contributed by atoms with E-state index in [1.165, 1.54) is 11.1 Å². The topological polar surface area (TPSA) is 32.3 Å². The molecule has 3 nitrogen and oxygen atoms in total. The molecule has 1 aromatic carbocycles. The lowest BCUT2D eigenvalue weighted by molar-refractivity contribution is -0.127. The van der Waals surface area contributed by atoms with Gasteiger partial charge >= 0.3 is 0 Å². The van der Waals surface area contributed by atoms with Crippen molar-refractivity contribution in [2.24, 2.45) is 0 Å². The summed E-state index contributed by atoms with van der Waals surface area (Å²) in [5.74, 6) is 0.115. The Morgan fingerprint density at radius 3 is 2.59 bits per heavy atom. The van der Waals surface area contributed by atoms with Crippen molar-refractivity contribution in [2.75, 3.05) is 25.5 Å². The van der Waals surface area contributed by atoms with Crippen LogP contribution >= 0.6 is 0 Å². The highest BCUT2D eigenvalue weighted by molar-refractivity contribution is 5.80. The van der Waals surface area contributed by atoms with Gasteiger partial charge in [-0.2, -0.15) is 0 Å². The van der Waals surface area contributed by atoms with Crippen LogP contribution in [0.2, 0.25) is 0 Å². The quantitative estimate of drug-likeness (QED) is 0.848. The molecule has 1 amide bonds. The molecule has 1 N–H and O–H groups in total. The van der Waals surface area contributed by atoms with Gasteiger partial charge in [-0.25, -0.2) is 0 Å². The van der Waals surface area contributed by atoms with E-state index in [2.05, 4.69) is 31.3 Å². The van der Waals surface area contributed by atoms with Crippen molar-refractivity contribution in [3.05, 3.63) is 29.3 Å². The first-order valence-corrected chi connectivity index (χ1v) is 6.15. The molecule has 0 aliphatic heterocycles. The van der Waals surface area contributed by atoms with Gasteiger partial charge in [-0.15, -0.1) is 0 Å². The van der Waals surface area contributed by atoms with Crippen LogP contribution in [0.15, 0.2) is 18.2 Å². The zero-order chi connectivity index (χ0) is 12.8. The Morgan fingerprint density at radius 1 is 1.35 bits per heavy atom. The van der Waals surface area contributed by atoms with Gasteiger partial charge in [0.2, 0.25) is 5.91 Å². The second-order valence-corrected chi connectivity index (χ2v) is 4.26. The van der Waals surface area contributed by atoms with Crippen LogP contribution in [-0.2, 0) is 11.2 Å². The zero-order valence-electron chi connectivity index (χ0n) is 11.2. The van der Waals surface area contributed by atoms with Gasteiger partial charge in [0.15, 0.2) is 0 Å². The number of hydrogen-bond donors (Lipinski definition) is 1. The van der Waals surface area contributed by atoms with Gasteiger partial charge in [0.05, 0.1) is 6.54 Å². The van der Waals surface area contributed by atoms with Crippen LogP contribution in [0, 0.1) is 6.92 Å². The maximum Gasteiger partial charge on any atom is 0.241 e. The summed E-state index contributed by atoms with van der Waals surface area (Å²) < 4.78 is 0. The minimum Gasteiger partial charge on any atom is -0.376 e. The van der Waals surface area contributed by atoms with Crippen LogP contribution in [0.5, 0.6) is 0 Å². The van der Waals surface area contributed by atoms with E-state index in [1.807, 2.05) is 20.0 Å². The number of likely N-dealkylation sites (N-methyl/N-ethyl adjacent to an activating group) is 1. The van der Waals surface area contributed by atoms with E-state index in [4.69, 9.17) is 0 Å². The number of nitrogens with one attached hydrogen (secondary N) is 1. The van der Waals surface area contributed by atoms with Crippen LogP contribution in [0.4, 0.5) is 5.69 Å². The average molecular weight is 234 g/mol. The standard InChI is InChI=1S/C14H22N2O/c1-5-12-7-8-13(9-11(12)3)15-10-14(17)16(4)6-2/h7-9,15H,5-6,10H2,1-4H3. The van der Waals surface area contributed by atoms with E-state index in [-0.39, 0.29) is 5.91 Å². The summed E-state index contributed by atoms with van der Waals surface area (Å²) in [6.45, 7) is 7.32. The summed E-state index contributed by atoms with van der Waals surface area (Å²) in [4.78, 5) is 13.3. The van der Waals surface area contributed by atoms with Gasteiger partial charge < -0.3 is 10.2 Å². The Balaban J connectivity index is 2.58. The molecule has 0 heterocycles. The Hall–Kier alpha value is -1.51. The molecule has 0 spiro atoms. The first-order chi connectivity index (χ1) is 8.08. The van der Waals surface area contributed by atoms with Crippen LogP contribution in [0.25, 0.3) is 0 Å². The van der Waals surface area contributed by atoms with E-state index in [0.29, 0.717) is 6.54 Å². The molecule has 3 heteroatoms. The lowest BCUT2D eigenvalue weighted by Crippen LogP contribution is -2.31. The minimum atomic E-state index is 0.115. The molecule has 0 bridgehead atoms. The highest BCUT2D eigenvalue weighted by Crippen LogP contribution is 2.15. The van der Waals surface area contributed by atoms with Gasteiger partial charge in [-0.1, -0.05) is 13.0 Å². The number of anilines is 1. The Labute approximate surface area is 104 Å². The van der Waals surface area contributed by atoms with Crippen molar-refractivity contribution in [3.8, 4) is 0 Å². The molecule has 0 saturated heterocycles. The third-order valence-corrected chi connectivity index (χ3v) is 3.07. The van der Waals surface area contributed by atoms with Crippen molar-refractivity contribution < 1.29 is 4.79 Å². The molecule has 1 aromatic rings. The summed E-state index contributed by atoms with van der Waals surface area (Å²) >= 11 is 0. The molecule has 0 saturated carbocycles. The summed E-state index contributed by atoms with van der Waals surface area (Å²) in [5, 5.41) is 3.16. The predicted molar refractivity (Wildman–Crippen MR) is 72.4 cm³/mol. The lowest BCUT2D eigenvalue weighted by atomic mass is 10.1. The molecule has 0 aliphatic carbocycles. The number of amides is 1. The molecule has 0 fully saturated rings. The van der Waals surface area contributed by atoms with Crippen molar-refractivity contribution >= 4 is 11.6 Å². The highest BCUT2D eigenvalue weighted by Gasteiger charge is 2.06. The average Bonchev–Trinajstić information content (AvgIpc) is 2.35. The molecule has 1 rings (SSSR count). The Bertz CT molecular complexity index is 388. The van der Waals surface area contributed by atoms with Crippen molar-refractivity contribution in [3.63, 3.8) is 0 Å². The van der Waals surface area contributed by atoms with Crippen LogP contribution in [0.1, 0.15) is 25.0 Å². The first-order valence-electron chi connectivity index (χ1n) is 6.15. The van der Waals surface area contributed by atoms with Crippen LogP contribution in [0.3, 0.4) is 0 Å². The molecule has 94 valence electrons. The Kier molecular flexibility index (Phi) is 5.01. The van der Waals surface area contributed by atoms with Crippen molar-refractivity contribution in [1.29, 1.82) is 0 Å².